The number of carbonyl (C=O) groups is 1. The van der Waals surface area contributed by atoms with Gasteiger partial charge in [-0.2, -0.15) is 0 Å². The molecule has 0 spiro atoms. The summed E-state index contributed by atoms with van der Waals surface area (Å²) >= 11 is -2.21. The second-order valence-corrected chi connectivity index (χ2v) is 2.95. The maximum Gasteiger partial charge on any atom is 0.217 e. The van der Waals surface area contributed by atoms with Crippen molar-refractivity contribution in [1.82, 2.24) is 5.32 Å². The lowest BCUT2D eigenvalue weighted by molar-refractivity contribution is -0.119. The highest BCUT2D eigenvalue weighted by Crippen LogP contribution is 1.93. The highest BCUT2D eigenvalue weighted by Gasteiger charge is 2.05. The van der Waals surface area contributed by atoms with Crippen molar-refractivity contribution in [2.75, 3.05) is 0 Å². The Balaban J connectivity index is 3.83. The molecule has 0 radical (unpaired) electrons. The SMILES string of the molecule is CCC(NC(C)=O)S(=O)[O-]. The molecular formula is C5H10NO3S-. The maximum absolute atomic E-state index is 10.3. The number of hydrogen-bond acceptors (Lipinski definition) is 3. The molecule has 0 aliphatic heterocycles. The normalized spacial score (nSPS) is 15.9. The van der Waals surface area contributed by atoms with Crippen molar-refractivity contribution in [3.05, 3.63) is 0 Å². The average Bonchev–Trinajstić information content (AvgIpc) is 1.81. The highest BCUT2D eigenvalue weighted by molar-refractivity contribution is 7.79. The van der Waals surface area contributed by atoms with Crippen molar-refractivity contribution in [1.29, 1.82) is 0 Å². The van der Waals surface area contributed by atoms with Crippen LogP contribution in [0, 0.1) is 0 Å². The third kappa shape index (κ3) is 3.58. The summed E-state index contributed by atoms with van der Waals surface area (Å²) in [7, 11) is 0. The van der Waals surface area contributed by atoms with Crippen molar-refractivity contribution in [3.63, 3.8) is 0 Å². The van der Waals surface area contributed by atoms with Crippen LogP contribution in [-0.4, -0.2) is 20.0 Å². The van der Waals surface area contributed by atoms with Gasteiger partial charge >= 0.3 is 0 Å². The average molecular weight is 164 g/mol. The Hall–Kier alpha value is -0.420. The Labute approximate surface area is 62.3 Å². The molecule has 60 valence electrons. The minimum atomic E-state index is -2.21. The second-order valence-electron chi connectivity index (χ2n) is 1.86. The summed E-state index contributed by atoms with van der Waals surface area (Å²) in [6.45, 7) is 2.98. The quantitative estimate of drug-likeness (QED) is 0.584. The van der Waals surface area contributed by atoms with Crippen LogP contribution in [-0.2, 0) is 15.9 Å². The minimum absolute atomic E-state index is 0.323. The fourth-order valence-electron chi connectivity index (χ4n) is 0.513. The summed E-state index contributed by atoms with van der Waals surface area (Å²) in [5, 5.41) is 1.54. The molecule has 0 aromatic carbocycles. The van der Waals surface area contributed by atoms with Gasteiger partial charge in [-0.15, -0.1) is 0 Å². The van der Waals surface area contributed by atoms with Crippen LogP contribution in [0.15, 0.2) is 0 Å². The molecular weight excluding hydrogens is 154 g/mol. The third-order valence-corrected chi connectivity index (χ3v) is 1.88. The van der Waals surface area contributed by atoms with Crippen LogP contribution in [0.2, 0.25) is 0 Å². The summed E-state index contributed by atoms with van der Waals surface area (Å²) in [4.78, 5) is 10.3. The molecule has 10 heavy (non-hydrogen) atoms. The second kappa shape index (κ2) is 4.40. The van der Waals surface area contributed by atoms with E-state index in [1.54, 1.807) is 6.92 Å². The first-order valence-electron chi connectivity index (χ1n) is 2.93. The van der Waals surface area contributed by atoms with Crippen molar-refractivity contribution >= 4 is 17.0 Å². The Morgan fingerprint density at radius 2 is 2.30 bits per heavy atom. The zero-order chi connectivity index (χ0) is 8.15. The number of hydrogen-bond donors (Lipinski definition) is 1. The van der Waals surface area contributed by atoms with Crippen molar-refractivity contribution in [3.8, 4) is 0 Å². The molecule has 0 aliphatic rings. The Bertz CT molecular complexity index is 148. The summed E-state index contributed by atoms with van der Waals surface area (Å²) in [5.41, 5.74) is 0. The van der Waals surface area contributed by atoms with Gasteiger partial charge in [0.25, 0.3) is 0 Å². The molecule has 0 saturated heterocycles. The predicted molar refractivity (Wildman–Crippen MR) is 36.8 cm³/mol. The van der Waals surface area contributed by atoms with E-state index in [2.05, 4.69) is 5.32 Å². The lowest BCUT2D eigenvalue weighted by Crippen LogP contribution is -2.35. The van der Waals surface area contributed by atoms with Crippen molar-refractivity contribution < 1.29 is 13.6 Å². The highest BCUT2D eigenvalue weighted by atomic mass is 32.2. The molecule has 0 aliphatic carbocycles. The van der Waals surface area contributed by atoms with Gasteiger partial charge in [0.1, 0.15) is 0 Å². The van der Waals surface area contributed by atoms with Crippen molar-refractivity contribution in [2.24, 2.45) is 0 Å². The molecule has 1 amide bonds. The van der Waals surface area contributed by atoms with E-state index in [1.807, 2.05) is 0 Å². The van der Waals surface area contributed by atoms with Crippen LogP contribution in [0.3, 0.4) is 0 Å². The van der Waals surface area contributed by atoms with Gasteiger partial charge in [-0.05, 0) is 17.5 Å². The van der Waals surface area contributed by atoms with Crippen LogP contribution in [0.1, 0.15) is 20.3 Å². The summed E-state index contributed by atoms with van der Waals surface area (Å²) in [5.74, 6) is -0.323. The summed E-state index contributed by atoms with van der Waals surface area (Å²) in [6.07, 6.45) is 0.399. The van der Waals surface area contributed by atoms with Gasteiger partial charge in [-0.1, -0.05) is 6.92 Å². The molecule has 0 heterocycles. The Morgan fingerprint density at radius 3 is 2.40 bits per heavy atom. The Kier molecular flexibility index (Phi) is 4.22. The minimum Gasteiger partial charge on any atom is -0.771 e. The third-order valence-electron chi connectivity index (χ3n) is 0.967. The summed E-state index contributed by atoms with van der Waals surface area (Å²) in [6, 6.07) is 0. The molecule has 1 N–H and O–H groups in total. The van der Waals surface area contributed by atoms with Gasteiger partial charge in [-0.3, -0.25) is 9.00 Å². The van der Waals surface area contributed by atoms with Crippen LogP contribution < -0.4 is 5.32 Å². The molecule has 2 unspecified atom stereocenters. The van der Waals surface area contributed by atoms with Gasteiger partial charge in [0.15, 0.2) is 0 Å². The first-order chi connectivity index (χ1) is 4.57. The van der Waals surface area contributed by atoms with Crippen LogP contribution >= 0.6 is 0 Å². The van der Waals surface area contributed by atoms with E-state index >= 15 is 0 Å². The topological polar surface area (TPSA) is 69.2 Å². The standard InChI is InChI=1S/C5H11NO3S/c1-3-5(10(8)9)6-4(2)7/h5H,3H2,1-2H3,(H,6,7)(H,8,9)/p-1. The molecule has 2 atom stereocenters. The van der Waals surface area contributed by atoms with Crippen LogP contribution in [0.5, 0.6) is 0 Å². The lowest BCUT2D eigenvalue weighted by atomic mass is 10.5. The number of nitrogens with one attached hydrogen (secondary N) is 1. The monoisotopic (exact) mass is 164 g/mol. The van der Waals surface area contributed by atoms with E-state index in [9.17, 15) is 13.6 Å². The maximum atomic E-state index is 10.3. The van der Waals surface area contributed by atoms with E-state index in [4.69, 9.17) is 0 Å². The molecule has 0 rings (SSSR count). The molecule has 5 heteroatoms. The Morgan fingerprint density at radius 1 is 1.80 bits per heavy atom. The van der Waals surface area contributed by atoms with Gasteiger partial charge in [0.2, 0.25) is 5.91 Å². The fraction of sp³-hybridized carbons (Fsp3) is 0.800. The molecule has 0 aromatic rings. The van der Waals surface area contributed by atoms with E-state index in [-0.39, 0.29) is 5.91 Å². The van der Waals surface area contributed by atoms with Gasteiger partial charge in [0.05, 0.1) is 5.37 Å². The molecule has 0 aromatic heterocycles. The first kappa shape index (κ1) is 9.58. The molecule has 0 bridgehead atoms. The lowest BCUT2D eigenvalue weighted by Gasteiger charge is -2.17. The van der Waals surface area contributed by atoms with E-state index < -0.39 is 16.5 Å². The molecule has 0 fully saturated rings. The van der Waals surface area contributed by atoms with Crippen LogP contribution in [0.4, 0.5) is 0 Å². The van der Waals surface area contributed by atoms with E-state index in [0.717, 1.165) is 0 Å². The van der Waals surface area contributed by atoms with Crippen molar-refractivity contribution in [2.45, 2.75) is 25.6 Å². The number of carbonyl (C=O) groups excluding carboxylic acids is 1. The smallest absolute Gasteiger partial charge is 0.217 e. The zero-order valence-corrected chi connectivity index (χ0v) is 6.73. The van der Waals surface area contributed by atoms with E-state index in [1.165, 1.54) is 6.92 Å². The fourth-order valence-corrected chi connectivity index (χ4v) is 1.05. The van der Waals surface area contributed by atoms with Gasteiger partial charge in [-0.25, -0.2) is 0 Å². The number of rotatable bonds is 3. The predicted octanol–water partition coefficient (Wildman–Crippen LogP) is -0.262. The molecule has 0 saturated carbocycles. The van der Waals surface area contributed by atoms with Gasteiger partial charge in [0, 0.05) is 6.92 Å². The molecule has 4 nitrogen and oxygen atoms in total. The number of amides is 1. The summed E-state index contributed by atoms with van der Waals surface area (Å²) < 4.78 is 20.5. The zero-order valence-electron chi connectivity index (χ0n) is 5.92. The van der Waals surface area contributed by atoms with E-state index in [0.29, 0.717) is 6.42 Å². The van der Waals surface area contributed by atoms with Crippen LogP contribution in [0.25, 0.3) is 0 Å². The van der Waals surface area contributed by atoms with Gasteiger partial charge < -0.3 is 9.87 Å². The first-order valence-corrected chi connectivity index (χ1v) is 4.07. The largest absolute Gasteiger partial charge is 0.771 e.